The fraction of sp³-hybridized carbons (Fsp3) is 0.429. The molecule has 2 aromatic rings. The van der Waals surface area contributed by atoms with E-state index in [0.717, 1.165) is 13.0 Å². The topological polar surface area (TPSA) is 23.5 Å². The Kier molecular flexibility index (Phi) is 5.97. The first-order valence-corrected chi connectivity index (χ1v) is 8.47. The highest BCUT2D eigenvalue weighted by Crippen LogP contribution is 2.43. The molecule has 2 nitrogen and oxygen atoms in total. The second-order valence-electron chi connectivity index (χ2n) is 6.69. The Morgan fingerprint density at radius 2 is 1.35 bits per heavy atom. The van der Waals surface area contributed by atoms with Crippen LogP contribution in [0, 0.1) is 5.92 Å². The van der Waals surface area contributed by atoms with E-state index in [1.165, 1.54) is 11.1 Å². The summed E-state index contributed by atoms with van der Waals surface area (Å²) in [7, 11) is 4.19. The van der Waals surface area contributed by atoms with E-state index in [4.69, 9.17) is 0 Å². The van der Waals surface area contributed by atoms with Gasteiger partial charge in [0.1, 0.15) is 0 Å². The van der Waals surface area contributed by atoms with E-state index in [-0.39, 0.29) is 5.92 Å². The van der Waals surface area contributed by atoms with Crippen molar-refractivity contribution in [2.75, 3.05) is 20.6 Å². The van der Waals surface area contributed by atoms with Crippen molar-refractivity contribution in [2.45, 2.75) is 31.8 Å². The largest absolute Gasteiger partial charge is 0.392 e. The summed E-state index contributed by atoms with van der Waals surface area (Å²) in [5, 5.41) is 11.1. The molecule has 0 bridgehead atoms. The number of aliphatic hydroxyl groups excluding tert-OH is 1. The van der Waals surface area contributed by atoms with Gasteiger partial charge in [-0.15, -0.1) is 0 Å². The number of aliphatic hydroxyl groups is 1. The van der Waals surface area contributed by atoms with Crippen LogP contribution in [0.1, 0.15) is 31.4 Å². The van der Waals surface area contributed by atoms with Crippen LogP contribution in [0.5, 0.6) is 0 Å². The second kappa shape index (κ2) is 7.76. The predicted molar refractivity (Wildman–Crippen MR) is 97.7 cm³/mol. The van der Waals surface area contributed by atoms with Crippen LogP contribution in [0.15, 0.2) is 60.7 Å². The first-order chi connectivity index (χ1) is 11.0. The number of nitrogens with zero attached hydrogens (tertiary/aromatic N) is 1. The van der Waals surface area contributed by atoms with Gasteiger partial charge in [-0.05, 0) is 37.6 Å². The Balaban J connectivity index is 2.68. The van der Waals surface area contributed by atoms with E-state index in [1.807, 2.05) is 12.1 Å². The van der Waals surface area contributed by atoms with Crippen molar-refractivity contribution in [3.05, 3.63) is 71.8 Å². The summed E-state index contributed by atoms with van der Waals surface area (Å²) in [5.41, 5.74) is 1.98. The van der Waals surface area contributed by atoms with Gasteiger partial charge in [0.25, 0.3) is 0 Å². The lowest BCUT2D eigenvalue weighted by Crippen LogP contribution is -2.49. The lowest BCUT2D eigenvalue weighted by molar-refractivity contribution is 0.0580. The first kappa shape index (κ1) is 17.7. The summed E-state index contributed by atoms with van der Waals surface area (Å²) in [6.45, 7) is 5.23. The van der Waals surface area contributed by atoms with E-state index in [2.05, 4.69) is 81.4 Å². The molecule has 1 N–H and O–H groups in total. The molecular formula is C21H29NO. The molecule has 2 heteroatoms. The van der Waals surface area contributed by atoms with Gasteiger partial charge in [0.15, 0.2) is 0 Å². The molecule has 0 aliphatic heterocycles. The first-order valence-electron chi connectivity index (χ1n) is 8.47. The Hall–Kier alpha value is -1.64. The molecule has 0 spiro atoms. The van der Waals surface area contributed by atoms with Gasteiger partial charge in [0, 0.05) is 12.0 Å². The van der Waals surface area contributed by atoms with E-state index < -0.39 is 11.5 Å². The van der Waals surface area contributed by atoms with Crippen LogP contribution in [-0.2, 0) is 5.41 Å². The molecule has 0 amide bonds. The van der Waals surface area contributed by atoms with E-state index in [0.29, 0.717) is 0 Å². The molecule has 2 atom stereocenters. The molecular weight excluding hydrogens is 282 g/mol. The summed E-state index contributed by atoms with van der Waals surface area (Å²) in [6.07, 6.45) is 0.295. The number of rotatable bonds is 7. The third-order valence-corrected chi connectivity index (χ3v) is 4.83. The van der Waals surface area contributed by atoms with Gasteiger partial charge >= 0.3 is 0 Å². The smallest absolute Gasteiger partial charge is 0.0677 e. The lowest BCUT2D eigenvalue weighted by Gasteiger charge is -2.45. The monoisotopic (exact) mass is 311 g/mol. The molecule has 0 aliphatic rings. The van der Waals surface area contributed by atoms with Gasteiger partial charge in [-0.2, -0.15) is 0 Å². The van der Waals surface area contributed by atoms with Gasteiger partial charge in [-0.3, -0.25) is 0 Å². The van der Waals surface area contributed by atoms with Crippen LogP contribution in [0.25, 0.3) is 0 Å². The maximum atomic E-state index is 11.1. The van der Waals surface area contributed by atoms with E-state index >= 15 is 0 Å². The van der Waals surface area contributed by atoms with Crippen LogP contribution < -0.4 is 0 Å². The molecule has 0 radical (unpaired) electrons. The second-order valence-corrected chi connectivity index (χ2v) is 6.69. The Morgan fingerprint density at radius 3 is 1.70 bits per heavy atom. The fourth-order valence-electron chi connectivity index (χ4n) is 3.89. The van der Waals surface area contributed by atoms with Crippen molar-refractivity contribution < 1.29 is 5.11 Å². The minimum absolute atomic E-state index is 0.275. The quantitative estimate of drug-likeness (QED) is 0.837. The van der Waals surface area contributed by atoms with Crippen molar-refractivity contribution >= 4 is 0 Å². The van der Waals surface area contributed by atoms with Gasteiger partial charge in [-0.25, -0.2) is 0 Å². The van der Waals surface area contributed by atoms with Gasteiger partial charge in [0.05, 0.1) is 6.10 Å². The maximum absolute atomic E-state index is 11.1. The van der Waals surface area contributed by atoms with Crippen molar-refractivity contribution in [3.63, 3.8) is 0 Å². The zero-order chi connectivity index (χ0) is 16.9. The van der Waals surface area contributed by atoms with Crippen LogP contribution in [0.2, 0.25) is 0 Å². The normalized spacial score (nSPS) is 14.7. The molecule has 0 saturated heterocycles. The summed E-state index contributed by atoms with van der Waals surface area (Å²) in [5.74, 6) is 0.275. The van der Waals surface area contributed by atoms with Crippen molar-refractivity contribution in [1.82, 2.24) is 4.90 Å². The van der Waals surface area contributed by atoms with Crippen LogP contribution in [0.3, 0.4) is 0 Å². The molecule has 124 valence electrons. The van der Waals surface area contributed by atoms with Crippen LogP contribution in [-0.4, -0.2) is 36.8 Å². The highest BCUT2D eigenvalue weighted by atomic mass is 16.3. The Morgan fingerprint density at radius 1 is 0.913 bits per heavy atom. The van der Waals surface area contributed by atoms with Gasteiger partial charge in [-0.1, -0.05) is 74.5 Å². The molecule has 0 fully saturated rings. The van der Waals surface area contributed by atoms with Gasteiger partial charge < -0.3 is 10.0 Å². The van der Waals surface area contributed by atoms with Crippen molar-refractivity contribution in [3.8, 4) is 0 Å². The van der Waals surface area contributed by atoms with E-state index in [1.54, 1.807) is 0 Å². The van der Waals surface area contributed by atoms with E-state index in [9.17, 15) is 5.11 Å². The average molecular weight is 311 g/mol. The van der Waals surface area contributed by atoms with Crippen molar-refractivity contribution in [2.24, 2.45) is 5.92 Å². The fourth-order valence-corrected chi connectivity index (χ4v) is 3.89. The standard InChI is InChI=1S/C21H29NO/c1-5-20(23)21(17(2)16-22(3)4,18-12-8-6-9-13-18)19-14-10-7-11-15-19/h6-15,17,20,23H,5,16H2,1-4H3. The summed E-state index contributed by atoms with van der Waals surface area (Å²) in [4.78, 5) is 2.20. The summed E-state index contributed by atoms with van der Waals surface area (Å²) in [6, 6.07) is 20.9. The Labute approximate surface area is 140 Å². The predicted octanol–water partition coefficient (Wildman–Crippen LogP) is 3.94. The highest BCUT2D eigenvalue weighted by molar-refractivity contribution is 5.42. The molecule has 0 heterocycles. The number of hydrogen-bond acceptors (Lipinski definition) is 2. The molecule has 2 aromatic carbocycles. The molecule has 0 aromatic heterocycles. The zero-order valence-electron chi connectivity index (χ0n) is 14.7. The Bertz CT molecular complexity index is 540. The van der Waals surface area contributed by atoms with Crippen LogP contribution >= 0.6 is 0 Å². The lowest BCUT2D eigenvalue weighted by atomic mass is 9.62. The third kappa shape index (κ3) is 3.49. The maximum Gasteiger partial charge on any atom is 0.0677 e. The molecule has 0 aliphatic carbocycles. The minimum Gasteiger partial charge on any atom is -0.392 e. The summed E-state index contributed by atoms with van der Waals surface area (Å²) < 4.78 is 0. The number of hydrogen-bond donors (Lipinski definition) is 1. The molecule has 23 heavy (non-hydrogen) atoms. The number of benzene rings is 2. The molecule has 2 unspecified atom stereocenters. The third-order valence-electron chi connectivity index (χ3n) is 4.83. The SMILES string of the molecule is CCC(O)C(c1ccccc1)(c1ccccc1)C(C)CN(C)C. The summed E-state index contributed by atoms with van der Waals surface area (Å²) >= 11 is 0. The van der Waals surface area contributed by atoms with Crippen LogP contribution in [0.4, 0.5) is 0 Å². The average Bonchev–Trinajstić information content (AvgIpc) is 2.56. The van der Waals surface area contributed by atoms with Crippen molar-refractivity contribution in [1.29, 1.82) is 0 Å². The minimum atomic E-state index is -0.428. The highest BCUT2D eigenvalue weighted by Gasteiger charge is 2.45. The van der Waals surface area contributed by atoms with Gasteiger partial charge in [0.2, 0.25) is 0 Å². The zero-order valence-corrected chi connectivity index (χ0v) is 14.7. The molecule has 0 saturated carbocycles. The molecule has 2 rings (SSSR count).